The third-order valence-corrected chi connectivity index (χ3v) is 3.94. The van der Waals surface area contributed by atoms with Crippen LogP contribution in [0.1, 0.15) is 27.7 Å². The number of nitrogens with one attached hydrogen (secondary N) is 1. The first-order valence-corrected chi connectivity index (χ1v) is 6.84. The predicted octanol–water partition coefficient (Wildman–Crippen LogP) is 0.863. The van der Waals surface area contributed by atoms with Crippen LogP contribution in [0.15, 0.2) is 0 Å². The van der Waals surface area contributed by atoms with Crippen LogP contribution in [-0.2, 0) is 9.59 Å². The molecule has 16 heavy (non-hydrogen) atoms. The van der Waals surface area contributed by atoms with Gasteiger partial charge in [0.05, 0.1) is 0 Å². The minimum absolute atomic E-state index is 0.0244. The summed E-state index contributed by atoms with van der Waals surface area (Å²) in [5.74, 6) is 1.88. The third-order valence-electron chi connectivity index (χ3n) is 2.82. The number of amides is 2. The van der Waals surface area contributed by atoms with Crippen LogP contribution in [0.25, 0.3) is 0 Å². The van der Waals surface area contributed by atoms with Gasteiger partial charge >= 0.3 is 0 Å². The molecule has 1 N–H and O–H groups in total. The van der Waals surface area contributed by atoms with Crippen LogP contribution in [0.3, 0.4) is 0 Å². The zero-order chi connectivity index (χ0) is 12.3. The zero-order valence-electron chi connectivity index (χ0n) is 10.3. The van der Waals surface area contributed by atoms with Gasteiger partial charge in [-0.15, -0.1) is 0 Å². The summed E-state index contributed by atoms with van der Waals surface area (Å²) in [4.78, 5) is 25.3. The summed E-state index contributed by atoms with van der Waals surface area (Å²) >= 11 is 1.79. The van der Waals surface area contributed by atoms with E-state index >= 15 is 0 Å². The molecule has 1 fully saturated rings. The Bertz CT molecular complexity index is 283. The normalized spacial score (nSPS) is 27.9. The smallest absolute Gasteiger partial charge is 0.245 e. The Morgan fingerprint density at radius 3 is 2.62 bits per heavy atom. The lowest BCUT2D eigenvalue weighted by atomic mass is 10.1. The summed E-state index contributed by atoms with van der Waals surface area (Å²) in [6, 6.07) is -0.630. The van der Waals surface area contributed by atoms with Crippen molar-refractivity contribution in [2.45, 2.75) is 45.8 Å². The Balaban J connectivity index is 2.73. The Kier molecular flexibility index (Phi) is 4.65. The van der Waals surface area contributed by atoms with Gasteiger partial charge < -0.3 is 10.2 Å². The summed E-state index contributed by atoms with van der Waals surface area (Å²) in [5.41, 5.74) is 0. The van der Waals surface area contributed by atoms with Gasteiger partial charge in [-0.2, -0.15) is 11.8 Å². The average molecular weight is 244 g/mol. The number of piperazine rings is 1. The molecule has 1 rings (SSSR count). The van der Waals surface area contributed by atoms with Crippen molar-refractivity contribution in [3.8, 4) is 0 Å². The van der Waals surface area contributed by atoms with E-state index in [0.29, 0.717) is 0 Å². The van der Waals surface area contributed by atoms with E-state index in [4.69, 9.17) is 0 Å². The van der Waals surface area contributed by atoms with E-state index in [1.165, 1.54) is 0 Å². The van der Waals surface area contributed by atoms with Crippen molar-refractivity contribution in [1.29, 1.82) is 0 Å². The van der Waals surface area contributed by atoms with Gasteiger partial charge in [0.15, 0.2) is 0 Å². The van der Waals surface area contributed by atoms with Crippen LogP contribution in [0.2, 0.25) is 0 Å². The molecular weight excluding hydrogens is 224 g/mol. The predicted molar refractivity (Wildman–Crippen MR) is 66.4 cm³/mol. The third kappa shape index (κ3) is 2.70. The lowest BCUT2D eigenvalue weighted by Gasteiger charge is -2.40. The van der Waals surface area contributed by atoms with E-state index in [1.807, 2.05) is 6.92 Å². The Hall–Kier alpha value is -0.710. The Morgan fingerprint density at radius 1 is 1.44 bits per heavy atom. The molecule has 0 spiro atoms. The van der Waals surface area contributed by atoms with E-state index in [-0.39, 0.29) is 23.9 Å². The molecule has 3 unspecified atom stereocenters. The summed E-state index contributed by atoms with van der Waals surface area (Å²) in [6.07, 6.45) is 0. The van der Waals surface area contributed by atoms with Crippen LogP contribution in [0.4, 0.5) is 0 Å². The summed E-state index contributed by atoms with van der Waals surface area (Å²) in [6.45, 7) is 7.61. The van der Waals surface area contributed by atoms with Gasteiger partial charge in [0.25, 0.3) is 0 Å². The lowest BCUT2D eigenvalue weighted by molar-refractivity contribution is -0.149. The minimum atomic E-state index is -0.391. The highest BCUT2D eigenvalue weighted by Gasteiger charge is 2.37. The van der Waals surface area contributed by atoms with Crippen LogP contribution in [0.5, 0.6) is 0 Å². The fourth-order valence-electron chi connectivity index (χ4n) is 1.90. The van der Waals surface area contributed by atoms with Gasteiger partial charge in [0.1, 0.15) is 12.1 Å². The van der Waals surface area contributed by atoms with Gasteiger partial charge in [0.2, 0.25) is 11.8 Å². The van der Waals surface area contributed by atoms with E-state index in [2.05, 4.69) is 12.2 Å². The fourth-order valence-corrected chi connectivity index (χ4v) is 2.64. The number of hydrogen-bond donors (Lipinski definition) is 1. The molecule has 5 heteroatoms. The van der Waals surface area contributed by atoms with Crippen molar-refractivity contribution >= 4 is 23.6 Å². The largest absolute Gasteiger partial charge is 0.343 e. The van der Waals surface area contributed by atoms with Crippen molar-refractivity contribution in [3.63, 3.8) is 0 Å². The first-order valence-electron chi connectivity index (χ1n) is 5.69. The number of thioether (sulfide) groups is 1. The van der Waals surface area contributed by atoms with Crippen LogP contribution < -0.4 is 5.32 Å². The van der Waals surface area contributed by atoms with Crippen molar-refractivity contribution < 1.29 is 9.59 Å². The highest BCUT2D eigenvalue weighted by molar-refractivity contribution is 7.99. The SMILES string of the molecule is CCSCC(C)N1C(=O)C(C)NC(=O)C1C. The minimum Gasteiger partial charge on any atom is -0.343 e. The topological polar surface area (TPSA) is 49.4 Å². The molecule has 1 saturated heterocycles. The molecule has 1 aliphatic rings. The lowest BCUT2D eigenvalue weighted by Crippen LogP contribution is -2.64. The molecule has 1 aliphatic heterocycles. The van der Waals surface area contributed by atoms with Gasteiger partial charge in [-0.05, 0) is 26.5 Å². The summed E-state index contributed by atoms with van der Waals surface area (Å²) in [7, 11) is 0. The summed E-state index contributed by atoms with van der Waals surface area (Å²) < 4.78 is 0. The second kappa shape index (κ2) is 5.57. The number of hydrogen-bond acceptors (Lipinski definition) is 3. The fraction of sp³-hybridized carbons (Fsp3) is 0.818. The molecule has 0 radical (unpaired) electrons. The van der Waals surface area contributed by atoms with Crippen molar-refractivity contribution in [2.75, 3.05) is 11.5 Å². The first-order chi connectivity index (χ1) is 7.49. The second-order valence-corrected chi connectivity index (χ2v) is 5.48. The van der Waals surface area contributed by atoms with Crippen molar-refractivity contribution in [2.24, 2.45) is 0 Å². The summed E-state index contributed by atoms with van der Waals surface area (Å²) in [5, 5.41) is 2.68. The van der Waals surface area contributed by atoms with Crippen LogP contribution in [0, 0.1) is 0 Å². The molecule has 0 aromatic heterocycles. The molecule has 2 amide bonds. The first kappa shape index (κ1) is 13.4. The average Bonchev–Trinajstić information content (AvgIpc) is 2.24. The quantitative estimate of drug-likeness (QED) is 0.798. The van der Waals surface area contributed by atoms with Gasteiger partial charge in [-0.3, -0.25) is 9.59 Å². The van der Waals surface area contributed by atoms with E-state index in [1.54, 1.807) is 30.5 Å². The highest BCUT2D eigenvalue weighted by atomic mass is 32.2. The van der Waals surface area contributed by atoms with Crippen molar-refractivity contribution in [3.05, 3.63) is 0 Å². The number of carbonyl (C=O) groups is 2. The molecule has 0 aliphatic carbocycles. The molecular formula is C11H20N2O2S. The zero-order valence-corrected chi connectivity index (χ0v) is 11.1. The number of rotatable bonds is 4. The van der Waals surface area contributed by atoms with Gasteiger partial charge in [-0.25, -0.2) is 0 Å². The van der Waals surface area contributed by atoms with E-state index < -0.39 is 6.04 Å². The standard InChI is InChI=1S/C11H20N2O2S/c1-5-16-6-7(2)13-9(4)10(14)12-8(3)11(13)15/h7-9H,5-6H2,1-4H3,(H,12,14). The van der Waals surface area contributed by atoms with Gasteiger partial charge in [0, 0.05) is 11.8 Å². The van der Waals surface area contributed by atoms with Crippen LogP contribution in [-0.4, -0.2) is 46.3 Å². The molecule has 1 heterocycles. The molecule has 0 bridgehead atoms. The van der Waals surface area contributed by atoms with Crippen molar-refractivity contribution in [1.82, 2.24) is 10.2 Å². The maximum atomic E-state index is 12.0. The highest BCUT2D eigenvalue weighted by Crippen LogP contribution is 2.16. The number of nitrogens with zero attached hydrogens (tertiary/aromatic N) is 1. The monoisotopic (exact) mass is 244 g/mol. The maximum Gasteiger partial charge on any atom is 0.245 e. The molecule has 92 valence electrons. The number of carbonyl (C=O) groups excluding carboxylic acids is 2. The maximum absolute atomic E-state index is 12.0. The molecule has 0 aromatic rings. The van der Waals surface area contributed by atoms with Crippen LogP contribution >= 0.6 is 11.8 Å². The van der Waals surface area contributed by atoms with Gasteiger partial charge in [-0.1, -0.05) is 6.92 Å². The molecule has 0 aromatic carbocycles. The van der Waals surface area contributed by atoms with E-state index in [0.717, 1.165) is 11.5 Å². The Morgan fingerprint density at radius 2 is 2.06 bits per heavy atom. The molecule has 3 atom stereocenters. The van der Waals surface area contributed by atoms with E-state index in [9.17, 15) is 9.59 Å². The Labute approximate surface area is 101 Å². The second-order valence-electron chi connectivity index (χ2n) is 4.16. The molecule has 0 saturated carbocycles. The molecule has 4 nitrogen and oxygen atoms in total.